The molecular formula is C32H47BFN3O5. The highest BCUT2D eigenvalue weighted by Crippen LogP contribution is 2.51. The number of carbonyl (C=O) groups excluding carboxylic acids is 2. The van der Waals surface area contributed by atoms with Gasteiger partial charge < -0.3 is 23.8 Å². The van der Waals surface area contributed by atoms with Crippen molar-refractivity contribution in [3.05, 3.63) is 23.8 Å². The molecule has 0 unspecified atom stereocenters. The van der Waals surface area contributed by atoms with Crippen LogP contribution in [0, 0.1) is 0 Å². The summed E-state index contributed by atoms with van der Waals surface area (Å²) >= 11 is 0. The van der Waals surface area contributed by atoms with Gasteiger partial charge in [0.05, 0.1) is 16.6 Å². The third-order valence-electron chi connectivity index (χ3n) is 10.6. The zero-order valence-corrected chi connectivity index (χ0v) is 26.4. The van der Waals surface area contributed by atoms with Gasteiger partial charge in [-0.1, -0.05) is 12.1 Å². The van der Waals surface area contributed by atoms with Gasteiger partial charge in [0.25, 0.3) is 0 Å². The Balaban J connectivity index is 1.27. The number of amides is 2. The largest absolute Gasteiger partial charge is 0.494 e. The molecule has 42 heavy (non-hydrogen) atoms. The van der Waals surface area contributed by atoms with E-state index in [9.17, 15) is 14.0 Å². The molecule has 3 saturated heterocycles. The van der Waals surface area contributed by atoms with Crippen LogP contribution in [0.1, 0.15) is 92.6 Å². The maximum Gasteiger partial charge on any atom is 0.494 e. The van der Waals surface area contributed by atoms with Gasteiger partial charge in [0.2, 0.25) is 5.91 Å². The molecule has 1 atom stereocenters. The summed E-state index contributed by atoms with van der Waals surface area (Å²) in [5.74, 6) is 0.123. The van der Waals surface area contributed by atoms with Crippen molar-refractivity contribution in [1.82, 2.24) is 9.80 Å². The molecule has 0 aromatic heterocycles. The highest BCUT2D eigenvalue weighted by Gasteiger charge is 2.57. The molecule has 4 fully saturated rings. The summed E-state index contributed by atoms with van der Waals surface area (Å²) in [5, 5.41) is 0. The minimum atomic E-state index is -0.757. The number of likely N-dealkylation sites (tertiary alicyclic amines) is 2. The zero-order chi connectivity index (χ0) is 30.2. The van der Waals surface area contributed by atoms with E-state index >= 15 is 0 Å². The lowest BCUT2D eigenvalue weighted by molar-refractivity contribution is -0.126. The molecule has 5 aliphatic rings. The average Bonchev–Trinajstić information content (AvgIpc) is 3.23. The molecular weight excluding hydrogens is 536 g/mol. The summed E-state index contributed by atoms with van der Waals surface area (Å²) < 4.78 is 32.5. The SMILES string of the molecule is CC(C)(C)OC(=O)N1CCC2(CC1)C(=O)N(C1CC(N3CCC[C@H](F)C3)C1)c1cc(B3OC(C)(C)C(C)(C)O3)ccc12. The van der Waals surface area contributed by atoms with Gasteiger partial charge in [-0.05, 0) is 111 Å². The van der Waals surface area contributed by atoms with Crippen LogP contribution in [0.2, 0.25) is 0 Å². The first-order valence-corrected chi connectivity index (χ1v) is 15.8. The minimum absolute atomic E-state index is 0.0676. The second-order valence-corrected chi connectivity index (χ2v) is 15.1. The van der Waals surface area contributed by atoms with E-state index in [1.165, 1.54) is 0 Å². The van der Waals surface area contributed by atoms with E-state index in [0.717, 1.165) is 42.5 Å². The van der Waals surface area contributed by atoms with Crippen molar-refractivity contribution < 1.29 is 28.0 Å². The summed E-state index contributed by atoms with van der Waals surface area (Å²) in [7, 11) is -0.521. The zero-order valence-electron chi connectivity index (χ0n) is 26.4. The van der Waals surface area contributed by atoms with Crippen molar-refractivity contribution in [3.63, 3.8) is 0 Å². The van der Waals surface area contributed by atoms with Gasteiger partial charge in [-0.2, -0.15) is 0 Å². The first-order chi connectivity index (χ1) is 19.6. The number of piperidine rings is 2. The van der Waals surface area contributed by atoms with Gasteiger partial charge in [-0.15, -0.1) is 0 Å². The van der Waals surface area contributed by atoms with E-state index in [4.69, 9.17) is 14.0 Å². The Morgan fingerprint density at radius 2 is 1.67 bits per heavy atom. The Morgan fingerprint density at radius 1 is 1.02 bits per heavy atom. The number of halogens is 1. The van der Waals surface area contributed by atoms with Gasteiger partial charge in [0.1, 0.15) is 11.8 Å². The molecule has 1 spiro atoms. The molecule has 6 rings (SSSR count). The second-order valence-electron chi connectivity index (χ2n) is 15.1. The number of nitrogens with zero attached hydrogens (tertiary/aromatic N) is 3. The lowest BCUT2D eigenvalue weighted by atomic mass is 9.71. The van der Waals surface area contributed by atoms with Gasteiger partial charge in [-0.25, -0.2) is 9.18 Å². The van der Waals surface area contributed by atoms with Gasteiger partial charge in [0, 0.05) is 37.4 Å². The van der Waals surface area contributed by atoms with Gasteiger partial charge >= 0.3 is 13.2 Å². The van der Waals surface area contributed by atoms with E-state index in [0.29, 0.717) is 44.9 Å². The third-order valence-corrected chi connectivity index (χ3v) is 10.6. The van der Waals surface area contributed by atoms with E-state index in [2.05, 4.69) is 17.0 Å². The predicted molar refractivity (Wildman–Crippen MR) is 161 cm³/mol. The second kappa shape index (κ2) is 10.2. The number of benzene rings is 1. The Hall–Kier alpha value is -2.17. The Bertz CT molecular complexity index is 1220. The van der Waals surface area contributed by atoms with Crippen molar-refractivity contribution >= 4 is 30.3 Å². The molecule has 1 aromatic rings. The summed E-state index contributed by atoms with van der Waals surface area (Å²) in [6.45, 7) is 16.1. The van der Waals surface area contributed by atoms with E-state index in [-0.39, 0.29) is 18.0 Å². The van der Waals surface area contributed by atoms with Crippen LogP contribution in [0.15, 0.2) is 18.2 Å². The fourth-order valence-electron chi connectivity index (χ4n) is 7.33. The number of hydrogen-bond donors (Lipinski definition) is 0. The number of alkyl halides is 1. The molecule has 4 heterocycles. The molecule has 0 bridgehead atoms. The van der Waals surface area contributed by atoms with Crippen molar-refractivity contribution in [1.29, 1.82) is 0 Å². The van der Waals surface area contributed by atoms with Crippen LogP contribution >= 0.6 is 0 Å². The van der Waals surface area contributed by atoms with Crippen molar-refractivity contribution in [3.8, 4) is 0 Å². The standard InChI is InChI=1S/C32H47BFN3O5/c1-29(2,3)40-28(39)35-15-12-32(13-16-35)25-11-10-21(33-41-30(4,5)31(6,7)42-33)17-26(25)37(27(32)38)24-18-23(19-24)36-14-8-9-22(34)20-36/h10-11,17,22-24H,8-9,12-16,18-20H2,1-7H3/t22-,23?,24?/m0/s1. The monoisotopic (exact) mass is 583 g/mol. The van der Waals surface area contributed by atoms with Crippen molar-refractivity contribution in [2.75, 3.05) is 31.1 Å². The summed E-state index contributed by atoms with van der Waals surface area (Å²) in [5.41, 5.74) is 0.686. The summed E-state index contributed by atoms with van der Waals surface area (Å²) in [6.07, 6.45) is 3.25. The summed E-state index contributed by atoms with van der Waals surface area (Å²) in [4.78, 5) is 33.4. The van der Waals surface area contributed by atoms with E-state index in [1.54, 1.807) is 4.90 Å². The van der Waals surface area contributed by atoms with Crippen LogP contribution in [-0.2, 0) is 24.3 Å². The number of ether oxygens (including phenoxy) is 1. The lowest BCUT2D eigenvalue weighted by Crippen LogP contribution is -2.59. The normalized spacial score (nSPS) is 30.4. The van der Waals surface area contributed by atoms with Crippen molar-refractivity contribution in [2.24, 2.45) is 0 Å². The fraction of sp³-hybridized carbons (Fsp3) is 0.750. The highest BCUT2D eigenvalue weighted by molar-refractivity contribution is 6.62. The lowest BCUT2D eigenvalue weighted by Gasteiger charge is -2.48. The number of rotatable bonds is 3. The molecule has 1 aromatic carbocycles. The van der Waals surface area contributed by atoms with Crippen LogP contribution in [0.3, 0.4) is 0 Å². The third kappa shape index (κ3) is 5.05. The van der Waals surface area contributed by atoms with Crippen LogP contribution in [0.25, 0.3) is 0 Å². The van der Waals surface area contributed by atoms with Crippen molar-refractivity contribution in [2.45, 2.75) is 127 Å². The van der Waals surface area contributed by atoms with E-state index < -0.39 is 35.5 Å². The molecule has 1 saturated carbocycles. The highest BCUT2D eigenvalue weighted by atomic mass is 19.1. The van der Waals surface area contributed by atoms with Crippen LogP contribution in [0.5, 0.6) is 0 Å². The molecule has 4 aliphatic heterocycles. The van der Waals surface area contributed by atoms with Gasteiger partial charge in [-0.3, -0.25) is 9.69 Å². The number of anilines is 1. The fourth-order valence-corrected chi connectivity index (χ4v) is 7.33. The first-order valence-electron chi connectivity index (χ1n) is 15.8. The van der Waals surface area contributed by atoms with Crippen LogP contribution in [0.4, 0.5) is 14.9 Å². The maximum absolute atomic E-state index is 14.5. The quantitative estimate of drug-likeness (QED) is 0.486. The Morgan fingerprint density at radius 3 is 2.26 bits per heavy atom. The first kappa shape index (κ1) is 29.9. The minimum Gasteiger partial charge on any atom is -0.444 e. The summed E-state index contributed by atoms with van der Waals surface area (Å²) in [6, 6.07) is 6.60. The van der Waals surface area contributed by atoms with Crippen LogP contribution in [-0.4, -0.2) is 90.2 Å². The molecule has 1 aliphatic carbocycles. The topological polar surface area (TPSA) is 71.6 Å². The molecule has 230 valence electrons. The molecule has 8 nitrogen and oxygen atoms in total. The molecule has 2 amide bonds. The average molecular weight is 584 g/mol. The molecule has 0 N–H and O–H groups in total. The number of fused-ring (bicyclic) bond motifs is 2. The Labute approximate surface area is 250 Å². The predicted octanol–water partition coefficient (Wildman–Crippen LogP) is 4.57. The number of carbonyl (C=O) groups is 2. The van der Waals surface area contributed by atoms with Crippen LogP contribution < -0.4 is 10.4 Å². The number of hydrogen-bond acceptors (Lipinski definition) is 6. The molecule has 10 heteroatoms. The Kier molecular flexibility index (Phi) is 7.26. The van der Waals surface area contributed by atoms with Gasteiger partial charge in [0.15, 0.2) is 0 Å². The molecule has 0 radical (unpaired) electrons. The smallest absolute Gasteiger partial charge is 0.444 e. The maximum atomic E-state index is 14.5. The van der Waals surface area contributed by atoms with E-state index in [1.807, 2.05) is 59.4 Å².